The molecule has 0 atom stereocenters. The smallest absolute Gasteiger partial charge is 0.0903 e. The molecular weight excluding hydrogens is 124 g/mol. The molecule has 10 heavy (non-hydrogen) atoms. The second kappa shape index (κ2) is 3.04. The molecule has 0 rings (SSSR count). The highest BCUT2D eigenvalue weighted by Crippen LogP contribution is 2.14. The van der Waals surface area contributed by atoms with Crippen molar-refractivity contribution in [3.8, 4) is 0 Å². The van der Waals surface area contributed by atoms with E-state index in [9.17, 15) is 0 Å². The van der Waals surface area contributed by atoms with Gasteiger partial charge in [0.2, 0.25) is 0 Å². The normalized spacial score (nSPS) is 11.8. The first kappa shape index (κ1) is 9.47. The van der Waals surface area contributed by atoms with E-state index in [4.69, 9.17) is 5.41 Å². The summed E-state index contributed by atoms with van der Waals surface area (Å²) in [6, 6.07) is 0. The molecular formula is C8H18N2. The van der Waals surface area contributed by atoms with Gasteiger partial charge in [0.05, 0.1) is 5.84 Å². The van der Waals surface area contributed by atoms with Crippen molar-refractivity contribution in [1.29, 1.82) is 5.41 Å². The SMILES string of the molecule is CC(=N)NC(C)(C)C(C)C. The Morgan fingerprint density at radius 3 is 1.90 bits per heavy atom. The lowest BCUT2D eigenvalue weighted by Crippen LogP contribution is -2.46. The molecule has 0 aliphatic carbocycles. The predicted molar refractivity (Wildman–Crippen MR) is 45.5 cm³/mol. The lowest BCUT2D eigenvalue weighted by atomic mass is 9.91. The minimum atomic E-state index is 0.0475. The van der Waals surface area contributed by atoms with Crippen LogP contribution >= 0.6 is 0 Å². The van der Waals surface area contributed by atoms with E-state index in [1.807, 2.05) is 0 Å². The molecule has 0 aromatic carbocycles. The maximum absolute atomic E-state index is 7.23. The number of hydrogen-bond donors (Lipinski definition) is 2. The van der Waals surface area contributed by atoms with Crippen LogP contribution in [-0.2, 0) is 0 Å². The van der Waals surface area contributed by atoms with Crippen LogP contribution in [0.5, 0.6) is 0 Å². The van der Waals surface area contributed by atoms with Crippen LogP contribution in [-0.4, -0.2) is 11.4 Å². The maximum Gasteiger partial charge on any atom is 0.0903 e. The highest BCUT2D eigenvalue weighted by Gasteiger charge is 2.21. The largest absolute Gasteiger partial charge is 0.369 e. The highest BCUT2D eigenvalue weighted by molar-refractivity contribution is 5.76. The fourth-order valence-electron chi connectivity index (χ4n) is 0.628. The van der Waals surface area contributed by atoms with E-state index in [0.717, 1.165) is 0 Å². The summed E-state index contributed by atoms with van der Waals surface area (Å²) < 4.78 is 0. The standard InChI is InChI=1S/C8H18N2/c1-6(2)8(4,5)10-7(3)9/h6H,1-5H3,(H2,9,10). The summed E-state index contributed by atoms with van der Waals surface area (Å²) in [7, 11) is 0. The van der Waals surface area contributed by atoms with Crippen LogP contribution in [0.25, 0.3) is 0 Å². The van der Waals surface area contributed by atoms with Crippen molar-refractivity contribution in [2.45, 2.75) is 40.2 Å². The average Bonchev–Trinajstić information content (AvgIpc) is 1.60. The van der Waals surface area contributed by atoms with Gasteiger partial charge in [-0.25, -0.2) is 0 Å². The van der Waals surface area contributed by atoms with E-state index in [-0.39, 0.29) is 5.54 Å². The molecule has 60 valence electrons. The molecule has 0 amide bonds. The van der Waals surface area contributed by atoms with Crippen molar-refractivity contribution in [2.75, 3.05) is 0 Å². The van der Waals surface area contributed by atoms with Crippen molar-refractivity contribution >= 4 is 5.84 Å². The van der Waals surface area contributed by atoms with Gasteiger partial charge in [-0.3, -0.25) is 5.41 Å². The topological polar surface area (TPSA) is 35.9 Å². The van der Waals surface area contributed by atoms with Crippen molar-refractivity contribution in [3.05, 3.63) is 0 Å². The van der Waals surface area contributed by atoms with Crippen LogP contribution < -0.4 is 5.32 Å². The number of hydrogen-bond acceptors (Lipinski definition) is 1. The molecule has 0 radical (unpaired) electrons. The second-order valence-corrected chi connectivity index (χ2v) is 3.63. The molecule has 0 aliphatic heterocycles. The quantitative estimate of drug-likeness (QED) is 0.449. The van der Waals surface area contributed by atoms with Crippen LogP contribution in [0.3, 0.4) is 0 Å². The monoisotopic (exact) mass is 142 g/mol. The van der Waals surface area contributed by atoms with Crippen LogP contribution in [0.2, 0.25) is 0 Å². The van der Waals surface area contributed by atoms with Gasteiger partial charge in [0.25, 0.3) is 0 Å². The Bertz CT molecular complexity index is 125. The molecule has 0 heterocycles. The second-order valence-electron chi connectivity index (χ2n) is 3.63. The summed E-state index contributed by atoms with van der Waals surface area (Å²) in [4.78, 5) is 0. The first-order valence-electron chi connectivity index (χ1n) is 3.69. The molecule has 2 nitrogen and oxygen atoms in total. The van der Waals surface area contributed by atoms with Gasteiger partial charge in [-0.1, -0.05) is 13.8 Å². The molecule has 0 aliphatic rings. The first-order chi connectivity index (χ1) is 4.36. The third kappa shape index (κ3) is 2.85. The van der Waals surface area contributed by atoms with Gasteiger partial charge in [-0.15, -0.1) is 0 Å². The third-order valence-corrected chi connectivity index (χ3v) is 1.95. The van der Waals surface area contributed by atoms with Gasteiger partial charge >= 0.3 is 0 Å². The molecule has 0 unspecified atom stereocenters. The van der Waals surface area contributed by atoms with E-state index in [1.54, 1.807) is 6.92 Å². The molecule has 2 N–H and O–H groups in total. The average molecular weight is 142 g/mol. The Labute approximate surface area is 63.5 Å². The summed E-state index contributed by atoms with van der Waals surface area (Å²) in [6.45, 7) is 10.3. The zero-order valence-electron chi connectivity index (χ0n) is 7.58. The van der Waals surface area contributed by atoms with E-state index in [2.05, 4.69) is 33.0 Å². The Hall–Kier alpha value is -0.530. The molecule has 0 aromatic heterocycles. The molecule has 0 aromatic rings. The molecule has 0 bridgehead atoms. The summed E-state index contributed by atoms with van der Waals surface area (Å²) in [5, 5.41) is 10.3. The summed E-state index contributed by atoms with van der Waals surface area (Å²) in [6.07, 6.45) is 0. The van der Waals surface area contributed by atoms with E-state index < -0.39 is 0 Å². The zero-order chi connectivity index (χ0) is 8.36. The van der Waals surface area contributed by atoms with E-state index in [1.165, 1.54) is 0 Å². The molecule has 0 saturated heterocycles. The first-order valence-corrected chi connectivity index (χ1v) is 3.69. The zero-order valence-corrected chi connectivity index (χ0v) is 7.58. The van der Waals surface area contributed by atoms with Gasteiger partial charge in [0.15, 0.2) is 0 Å². The van der Waals surface area contributed by atoms with Crippen molar-refractivity contribution in [3.63, 3.8) is 0 Å². The Balaban J connectivity index is 3.99. The predicted octanol–water partition coefficient (Wildman–Crippen LogP) is 2.01. The van der Waals surface area contributed by atoms with Gasteiger partial charge in [-0.05, 0) is 26.7 Å². The van der Waals surface area contributed by atoms with Crippen LogP contribution in [0.4, 0.5) is 0 Å². The fraction of sp³-hybridized carbons (Fsp3) is 0.875. The maximum atomic E-state index is 7.23. The molecule has 0 fully saturated rings. The highest BCUT2D eigenvalue weighted by atomic mass is 15.0. The lowest BCUT2D eigenvalue weighted by Gasteiger charge is -2.30. The van der Waals surface area contributed by atoms with E-state index >= 15 is 0 Å². The van der Waals surface area contributed by atoms with Gasteiger partial charge < -0.3 is 5.32 Å². The van der Waals surface area contributed by atoms with E-state index in [0.29, 0.717) is 11.8 Å². The van der Waals surface area contributed by atoms with Crippen molar-refractivity contribution in [2.24, 2.45) is 5.92 Å². The Kier molecular flexibility index (Phi) is 2.88. The number of amidine groups is 1. The van der Waals surface area contributed by atoms with Crippen LogP contribution in [0.1, 0.15) is 34.6 Å². The lowest BCUT2D eigenvalue weighted by molar-refractivity contribution is 0.333. The Morgan fingerprint density at radius 1 is 1.40 bits per heavy atom. The molecule has 0 saturated carbocycles. The van der Waals surface area contributed by atoms with Crippen LogP contribution in [0.15, 0.2) is 0 Å². The van der Waals surface area contributed by atoms with Gasteiger partial charge in [-0.2, -0.15) is 0 Å². The third-order valence-electron chi connectivity index (χ3n) is 1.95. The van der Waals surface area contributed by atoms with Crippen molar-refractivity contribution in [1.82, 2.24) is 5.32 Å². The summed E-state index contributed by atoms with van der Waals surface area (Å²) in [5.41, 5.74) is 0.0475. The fourth-order valence-corrected chi connectivity index (χ4v) is 0.628. The number of nitrogens with one attached hydrogen (secondary N) is 2. The number of rotatable bonds is 2. The minimum Gasteiger partial charge on any atom is -0.369 e. The van der Waals surface area contributed by atoms with Gasteiger partial charge in [0.1, 0.15) is 0 Å². The summed E-state index contributed by atoms with van der Waals surface area (Å²) in [5.74, 6) is 1.09. The molecule has 0 spiro atoms. The van der Waals surface area contributed by atoms with Gasteiger partial charge in [0, 0.05) is 5.54 Å². The summed E-state index contributed by atoms with van der Waals surface area (Å²) >= 11 is 0. The van der Waals surface area contributed by atoms with Crippen LogP contribution in [0, 0.1) is 11.3 Å². The minimum absolute atomic E-state index is 0.0475. The Morgan fingerprint density at radius 2 is 1.80 bits per heavy atom. The molecule has 2 heteroatoms. The van der Waals surface area contributed by atoms with Crippen molar-refractivity contribution < 1.29 is 0 Å².